The van der Waals surface area contributed by atoms with Gasteiger partial charge in [0.2, 0.25) is 21.9 Å². The lowest BCUT2D eigenvalue weighted by atomic mass is 10.1. The van der Waals surface area contributed by atoms with E-state index in [2.05, 4.69) is 25.0 Å². The molecule has 2 aromatic heterocycles. The van der Waals surface area contributed by atoms with Gasteiger partial charge in [0.15, 0.2) is 5.65 Å². The number of fused-ring (bicyclic) bond motifs is 1. The van der Waals surface area contributed by atoms with E-state index in [9.17, 15) is 17.6 Å². The Morgan fingerprint density at radius 1 is 1.15 bits per heavy atom. The number of nitriles is 1. The van der Waals surface area contributed by atoms with E-state index in [1.54, 1.807) is 10.6 Å². The van der Waals surface area contributed by atoms with Crippen molar-refractivity contribution in [3.63, 3.8) is 0 Å². The number of rotatable bonds is 6. The second-order valence-electron chi connectivity index (χ2n) is 8.49. The molecule has 3 aromatic rings. The van der Waals surface area contributed by atoms with Gasteiger partial charge in [-0.3, -0.25) is 10.1 Å². The monoisotopic (exact) mass is 483 g/mol. The lowest BCUT2D eigenvalue weighted by molar-refractivity contribution is -0.117. The molecular weight excluding hydrogens is 461 g/mol. The number of aromatic nitrogens is 3. The molecule has 12 heteroatoms. The van der Waals surface area contributed by atoms with Crippen LogP contribution in [0.5, 0.6) is 0 Å². The van der Waals surface area contributed by atoms with Crippen LogP contribution in [0.25, 0.3) is 5.65 Å². The smallest absolute Gasteiger partial charge is 0.249 e. The van der Waals surface area contributed by atoms with Crippen molar-refractivity contribution in [1.29, 1.82) is 5.26 Å². The molecule has 2 aliphatic rings. The summed E-state index contributed by atoms with van der Waals surface area (Å²) in [4.78, 5) is 18.4. The lowest BCUT2D eigenvalue weighted by Gasteiger charge is -2.33. The van der Waals surface area contributed by atoms with Gasteiger partial charge in [0.1, 0.15) is 17.7 Å². The van der Waals surface area contributed by atoms with E-state index >= 15 is 0 Å². The zero-order chi connectivity index (χ0) is 23.9. The van der Waals surface area contributed by atoms with Crippen molar-refractivity contribution in [1.82, 2.24) is 19.3 Å². The molecular formula is C22H22FN7O3S. The van der Waals surface area contributed by atoms with Gasteiger partial charge in [0.25, 0.3) is 0 Å². The summed E-state index contributed by atoms with van der Waals surface area (Å²) < 4.78 is 43.4. The van der Waals surface area contributed by atoms with Crippen LogP contribution in [-0.2, 0) is 14.8 Å². The summed E-state index contributed by atoms with van der Waals surface area (Å²) in [6.45, 7) is 1.14. The summed E-state index contributed by atoms with van der Waals surface area (Å²) in [5.41, 5.74) is 0.294. The highest BCUT2D eigenvalue weighted by Gasteiger charge is 2.31. The van der Waals surface area contributed by atoms with E-state index in [1.807, 2.05) is 18.2 Å². The standard InChI is InChI=1S/C22H22FN7O3S/c23-18-7-6-17(12-15(18)13-24)34(32,33)28-16-8-10-29(11-9-16)20-3-1-2-19-25-22(27-30(19)20)26-21(31)14-4-5-14/h1-3,6-7,12,14,16,28H,4-5,8-11H2,(H,26,27,31). The Morgan fingerprint density at radius 3 is 2.62 bits per heavy atom. The zero-order valence-corrected chi connectivity index (χ0v) is 18.9. The van der Waals surface area contributed by atoms with Gasteiger partial charge in [-0.15, -0.1) is 5.10 Å². The predicted octanol–water partition coefficient (Wildman–Crippen LogP) is 2.04. The van der Waals surface area contributed by atoms with E-state index < -0.39 is 15.8 Å². The highest BCUT2D eigenvalue weighted by Crippen LogP contribution is 2.30. The minimum Gasteiger partial charge on any atom is -0.356 e. The van der Waals surface area contributed by atoms with Crippen LogP contribution >= 0.6 is 0 Å². The first-order valence-corrected chi connectivity index (χ1v) is 12.5. The number of sulfonamides is 1. The molecule has 1 saturated carbocycles. The summed E-state index contributed by atoms with van der Waals surface area (Å²) in [6, 6.07) is 10.1. The number of halogens is 1. The highest BCUT2D eigenvalue weighted by molar-refractivity contribution is 7.89. The van der Waals surface area contributed by atoms with Crippen molar-refractivity contribution in [2.45, 2.75) is 36.6 Å². The zero-order valence-electron chi connectivity index (χ0n) is 18.1. The Morgan fingerprint density at radius 2 is 1.91 bits per heavy atom. The number of carbonyl (C=O) groups is 1. The van der Waals surface area contributed by atoms with Crippen LogP contribution in [0.1, 0.15) is 31.2 Å². The fourth-order valence-electron chi connectivity index (χ4n) is 4.01. The van der Waals surface area contributed by atoms with Gasteiger partial charge in [0, 0.05) is 25.0 Å². The predicted molar refractivity (Wildman–Crippen MR) is 121 cm³/mol. The molecule has 0 radical (unpaired) electrons. The third-order valence-corrected chi connectivity index (χ3v) is 7.55. The third kappa shape index (κ3) is 4.44. The molecule has 1 amide bonds. The van der Waals surface area contributed by atoms with Crippen molar-refractivity contribution < 1.29 is 17.6 Å². The van der Waals surface area contributed by atoms with Crippen LogP contribution in [0.2, 0.25) is 0 Å². The summed E-state index contributed by atoms with van der Waals surface area (Å²) in [7, 11) is -3.89. The molecule has 176 valence electrons. The van der Waals surface area contributed by atoms with Gasteiger partial charge in [0.05, 0.1) is 10.5 Å². The van der Waals surface area contributed by atoms with Crippen LogP contribution < -0.4 is 14.9 Å². The minimum absolute atomic E-state index is 0.0512. The molecule has 3 heterocycles. The lowest BCUT2D eigenvalue weighted by Crippen LogP contribution is -2.45. The van der Waals surface area contributed by atoms with Gasteiger partial charge < -0.3 is 4.90 Å². The minimum atomic E-state index is -3.89. The fourth-order valence-corrected chi connectivity index (χ4v) is 5.34. The Bertz CT molecular complexity index is 1400. The molecule has 5 rings (SSSR count). The van der Waals surface area contributed by atoms with Crippen molar-refractivity contribution in [3.05, 3.63) is 47.8 Å². The van der Waals surface area contributed by atoms with E-state index in [1.165, 1.54) is 0 Å². The number of carbonyl (C=O) groups excluding carboxylic acids is 1. The molecule has 0 unspecified atom stereocenters. The van der Waals surface area contributed by atoms with Crippen LogP contribution in [0.3, 0.4) is 0 Å². The summed E-state index contributed by atoms with van der Waals surface area (Å²) in [6.07, 6.45) is 2.87. The molecule has 2 fully saturated rings. The maximum Gasteiger partial charge on any atom is 0.249 e. The number of nitrogens with zero attached hydrogens (tertiary/aromatic N) is 5. The second kappa shape index (κ2) is 8.66. The molecule has 0 bridgehead atoms. The quantitative estimate of drug-likeness (QED) is 0.548. The normalized spacial score (nSPS) is 17.0. The van der Waals surface area contributed by atoms with E-state index in [0.717, 1.165) is 36.9 Å². The Labute approximate surface area is 195 Å². The number of pyridine rings is 1. The SMILES string of the molecule is N#Cc1cc(S(=O)(=O)NC2CCN(c3cccc4nc(NC(=O)C5CC5)nn34)CC2)ccc1F. The first kappa shape index (κ1) is 22.2. The molecule has 1 saturated heterocycles. The van der Waals surface area contributed by atoms with Gasteiger partial charge in [-0.05, 0) is 56.0 Å². The van der Waals surface area contributed by atoms with Crippen LogP contribution in [0, 0.1) is 23.1 Å². The molecule has 1 aromatic carbocycles. The largest absolute Gasteiger partial charge is 0.356 e. The highest BCUT2D eigenvalue weighted by atomic mass is 32.2. The van der Waals surface area contributed by atoms with Gasteiger partial charge >= 0.3 is 0 Å². The topological polar surface area (TPSA) is 132 Å². The van der Waals surface area contributed by atoms with Crippen LogP contribution in [-0.4, -0.2) is 48.1 Å². The number of benzene rings is 1. The molecule has 10 nitrogen and oxygen atoms in total. The summed E-state index contributed by atoms with van der Waals surface area (Å²) in [5.74, 6) is 0.301. The number of amides is 1. The molecule has 1 aliphatic carbocycles. The average molecular weight is 484 g/mol. The summed E-state index contributed by atoms with van der Waals surface area (Å²) >= 11 is 0. The Kier molecular flexibility index (Phi) is 5.66. The van der Waals surface area contributed by atoms with Gasteiger partial charge in [-0.25, -0.2) is 17.5 Å². The van der Waals surface area contributed by atoms with Crippen molar-refractivity contribution in [3.8, 4) is 6.07 Å². The maximum absolute atomic E-state index is 13.6. The second-order valence-corrected chi connectivity index (χ2v) is 10.2. The van der Waals surface area contributed by atoms with Crippen molar-refractivity contribution in [2.24, 2.45) is 5.92 Å². The molecule has 34 heavy (non-hydrogen) atoms. The molecule has 2 N–H and O–H groups in total. The van der Waals surface area contributed by atoms with E-state index in [4.69, 9.17) is 5.26 Å². The average Bonchev–Trinajstić information content (AvgIpc) is 3.59. The maximum atomic E-state index is 13.6. The molecule has 0 atom stereocenters. The van der Waals surface area contributed by atoms with Crippen molar-refractivity contribution in [2.75, 3.05) is 23.3 Å². The van der Waals surface area contributed by atoms with Crippen LogP contribution in [0.15, 0.2) is 41.3 Å². The number of hydrogen-bond acceptors (Lipinski definition) is 7. The number of nitrogens with one attached hydrogen (secondary N) is 2. The summed E-state index contributed by atoms with van der Waals surface area (Å²) in [5, 5.41) is 16.2. The van der Waals surface area contributed by atoms with Crippen molar-refractivity contribution >= 4 is 33.3 Å². The fraction of sp³-hybridized carbons (Fsp3) is 0.364. The number of anilines is 2. The Balaban J connectivity index is 1.26. The number of hydrogen-bond donors (Lipinski definition) is 2. The number of piperidine rings is 1. The van der Waals surface area contributed by atoms with Crippen LogP contribution in [0.4, 0.5) is 16.2 Å². The van der Waals surface area contributed by atoms with E-state index in [-0.39, 0.29) is 34.3 Å². The third-order valence-electron chi connectivity index (χ3n) is 6.03. The first-order valence-electron chi connectivity index (χ1n) is 11.0. The van der Waals surface area contributed by atoms with E-state index in [0.29, 0.717) is 31.6 Å². The first-order chi connectivity index (χ1) is 16.3. The van der Waals surface area contributed by atoms with Gasteiger partial charge in [-0.2, -0.15) is 14.8 Å². The van der Waals surface area contributed by atoms with Gasteiger partial charge in [-0.1, -0.05) is 6.07 Å². The Hall–Kier alpha value is -3.56. The molecule has 0 spiro atoms. The molecule has 1 aliphatic heterocycles.